The van der Waals surface area contributed by atoms with Gasteiger partial charge in [0.2, 0.25) is 5.91 Å². The number of aromatic nitrogens is 1. The van der Waals surface area contributed by atoms with Crippen molar-refractivity contribution in [2.24, 2.45) is 5.73 Å². The minimum atomic E-state index is -0.466. The largest absolute Gasteiger partial charge is 0.398 e. The maximum atomic E-state index is 11.8. The van der Waals surface area contributed by atoms with Gasteiger partial charge in [-0.05, 0) is 12.1 Å². The van der Waals surface area contributed by atoms with Crippen LogP contribution < -0.4 is 16.8 Å². The summed E-state index contributed by atoms with van der Waals surface area (Å²) in [6.07, 6.45) is 0.0921. The highest BCUT2D eigenvalue weighted by atomic mass is 16.2. The number of pyridine rings is 1. The zero-order valence-corrected chi connectivity index (χ0v) is 10.2. The summed E-state index contributed by atoms with van der Waals surface area (Å²) in [7, 11) is 0. The summed E-state index contributed by atoms with van der Waals surface area (Å²) >= 11 is 0. The van der Waals surface area contributed by atoms with E-state index in [0.29, 0.717) is 11.2 Å². The molecule has 1 heterocycles. The van der Waals surface area contributed by atoms with E-state index in [1.807, 2.05) is 18.2 Å². The fraction of sp³-hybridized carbons (Fsp3) is 0.154. The molecule has 5 N–H and O–H groups in total. The highest BCUT2D eigenvalue weighted by Gasteiger charge is 2.10. The molecule has 0 aliphatic heterocycles. The molecule has 0 spiro atoms. The third-order valence-electron chi connectivity index (χ3n) is 2.64. The van der Waals surface area contributed by atoms with E-state index < -0.39 is 5.91 Å². The molecule has 0 unspecified atom stereocenters. The maximum absolute atomic E-state index is 11.8. The fourth-order valence-electron chi connectivity index (χ4n) is 1.71. The number of nitrogens with one attached hydrogen (secondary N) is 1. The summed E-state index contributed by atoms with van der Waals surface area (Å²) in [5.41, 5.74) is 12.2. The Morgan fingerprint density at radius 2 is 2.00 bits per heavy atom. The van der Waals surface area contributed by atoms with Gasteiger partial charge in [-0.15, -0.1) is 0 Å². The number of hydrogen-bond acceptors (Lipinski definition) is 4. The van der Waals surface area contributed by atoms with Crippen molar-refractivity contribution in [1.82, 2.24) is 10.3 Å². The molecular formula is C13H14N4O2. The van der Waals surface area contributed by atoms with Crippen LogP contribution in [0.2, 0.25) is 0 Å². The predicted octanol–water partition coefficient (Wildman–Crippen LogP) is 0.422. The van der Waals surface area contributed by atoms with Crippen molar-refractivity contribution in [3.05, 3.63) is 36.0 Å². The van der Waals surface area contributed by atoms with E-state index in [2.05, 4.69) is 10.3 Å². The topological polar surface area (TPSA) is 111 Å². The summed E-state index contributed by atoms with van der Waals surface area (Å²) < 4.78 is 0. The van der Waals surface area contributed by atoms with Crippen LogP contribution in [0.25, 0.3) is 10.9 Å². The molecule has 0 fully saturated rings. The van der Waals surface area contributed by atoms with Gasteiger partial charge in [0.25, 0.3) is 5.91 Å². The van der Waals surface area contributed by atoms with E-state index in [1.165, 1.54) is 6.07 Å². The Morgan fingerprint density at radius 3 is 2.74 bits per heavy atom. The number of benzene rings is 1. The second kappa shape index (κ2) is 5.34. The van der Waals surface area contributed by atoms with Crippen molar-refractivity contribution in [2.75, 3.05) is 12.3 Å². The van der Waals surface area contributed by atoms with E-state index in [-0.39, 0.29) is 24.6 Å². The van der Waals surface area contributed by atoms with Crippen LogP contribution in [0.5, 0.6) is 0 Å². The lowest BCUT2D eigenvalue weighted by atomic mass is 10.1. The molecule has 0 aliphatic carbocycles. The first-order valence-corrected chi connectivity index (χ1v) is 5.79. The first-order chi connectivity index (χ1) is 9.08. The number of rotatable bonds is 4. The Morgan fingerprint density at radius 1 is 1.26 bits per heavy atom. The molecule has 2 aromatic rings. The van der Waals surface area contributed by atoms with Crippen molar-refractivity contribution < 1.29 is 9.59 Å². The molecule has 0 radical (unpaired) electrons. The number of carbonyl (C=O) groups excluding carboxylic acids is 2. The third kappa shape index (κ3) is 2.98. The third-order valence-corrected chi connectivity index (χ3v) is 2.64. The van der Waals surface area contributed by atoms with Crippen molar-refractivity contribution in [2.45, 2.75) is 6.42 Å². The zero-order chi connectivity index (χ0) is 13.8. The van der Waals surface area contributed by atoms with Gasteiger partial charge in [-0.2, -0.15) is 0 Å². The smallest absolute Gasteiger partial charge is 0.269 e. The molecule has 0 bridgehead atoms. The van der Waals surface area contributed by atoms with Gasteiger partial charge in [-0.1, -0.05) is 18.2 Å². The van der Waals surface area contributed by atoms with E-state index in [9.17, 15) is 9.59 Å². The van der Waals surface area contributed by atoms with Crippen LogP contribution in [-0.2, 0) is 4.79 Å². The molecular weight excluding hydrogens is 244 g/mol. The van der Waals surface area contributed by atoms with Gasteiger partial charge in [0, 0.05) is 24.0 Å². The Balaban J connectivity index is 2.20. The molecule has 0 saturated heterocycles. The summed E-state index contributed by atoms with van der Waals surface area (Å²) in [6, 6.07) is 8.82. The number of hydrogen-bond donors (Lipinski definition) is 3. The normalized spacial score (nSPS) is 10.3. The first-order valence-electron chi connectivity index (χ1n) is 5.79. The number of nitrogens with zero attached hydrogens (tertiary/aromatic N) is 1. The number of fused-ring (bicyclic) bond motifs is 1. The highest BCUT2D eigenvalue weighted by Crippen LogP contribution is 2.19. The minimum absolute atomic E-state index is 0.0921. The zero-order valence-electron chi connectivity index (χ0n) is 10.2. The van der Waals surface area contributed by atoms with E-state index in [1.54, 1.807) is 6.07 Å². The van der Waals surface area contributed by atoms with Crippen LogP contribution in [0.15, 0.2) is 30.3 Å². The average Bonchev–Trinajstić information content (AvgIpc) is 2.38. The number of amides is 2. The second-order valence-corrected chi connectivity index (χ2v) is 4.09. The van der Waals surface area contributed by atoms with Crippen molar-refractivity contribution in [1.29, 1.82) is 0 Å². The molecule has 0 atom stereocenters. The predicted molar refractivity (Wildman–Crippen MR) is 72.3 cm³/mol. The van der Waals surface area contributed by atoms with Crippen molar-refractivity contribution in [3.63, 3.8) is 0 Å². The average molecular weight is 258 g/mol. The van der Waals surface area contributed by atoms with Crippen LogP contribution in [0.3, 0.4) is 0 Å². The Labute approximate surface area is 109 Å². The second-order valence-electron chi connectivity index (χ2n) is 4.09. The monoisotopic (exact) mass is 258 g/mol. The lowest BCUT2D eigenvalue weighted by molar-refractivity contribution is -0.117. The summed E-state index contributed by atoms with van der Waals surface area (Å²) in [5, 5.41) is 3.37. The molecule has 6 heteroatoms. The van der Waals surface area contributed by atoms with Gasteiger partial charge in [0.1, 0.15) is 5.69 Å². The van der Waals surface area contributed by atoms with Crippen molar-refractivity contribution in [3.8, 4) is 0 Å². The number of carbonyl (C=O) groups is 2. The standard InChI is InChI=1S/C13H14N4O2/c14-9-7-11(13(19)16-6-5-12(15)18)17-10-4-2-1-3-8(9)10/h1-4,7H,5-6H2,(H2,14,17)(H2,15,18)(H,16,19). The van der Waals surface area contributed by atoms with Gasteiger partial charge in [0.05, 0.1) is 5.52 Å². The number of nitrogen functional groups attached to an aromatic ring is 1. The fourth-order valence-corrected chi connectivity index (χ4v) is 1.71. The Hall–Kier alpha value is -2.63. The van der Waals surface area contributed by atoms with Crippen molar-refractivity contribution >= 4 is 28.4 Å². The Kier molecular flexibility index (Phi) is 3.61. The summed E-state index contributed by atoms with van der Waals surface area (Å²) in [6.45, 7) is 0.183. The Bertz CT molecular complexity index is 640. The van der Waals surface area contributed by atoms with Gasteiger partial charge in [0.15, 0.2) is 0 Å². The lowest BCUT2D eigenvalue weighted by Gasteiger charge is -2.06. The van der Waals surface area contributed by atoms with E-state index in [0.717, 1.165) is 5.39 Å². The van der Waals surface area contributed by atoms with Crippen LogP contribution in [-0.4, -0.2) is 23.3 Å². The maximum Gasteiger partial charge on any atom is 0.269 e. The molecule has 0 saturated carbocycles. The van der Waals surface area contributed by atoms with Gasteiger partial charge < -0.3 is 16.8 Å². The van der Waals surface area contributed by atoms with E-state index in [4.69, 9.17) is 11.5 Å². The lowest BCUT2D eigenvalue weighted by Crippen LogP contribution is -2.28. The van der Waals surface area contributed by atoms with Crippen LogP contribution in [0.4, 0.5) is 5.69 Å². The molecule has 2 amide bonds. The minimum Gasteiger partial charge on any atom is -0.398 e. The summed E-state index contributed by atoms with van der Waals surface area (Å²) in [4.78, 5) is 26.6. The number of para-hydroxylation sites is 1. The molecule has 1 aromatic carbocycles. The van der Waals surface area contributed by atoms with Gasteiger partial charge in [-0.25, -0.2) is 4.98 Å². The SMILES string of the molecule is NC(=O)CCNC(=O)c1cc(N)c2ccccc2n1. The highest BCUT2D eigenvalue weighted by molar-refractivity contribution is 5.99. The molecule has 98 valence electrons. The number of nitrogens with two attached hydrogens (primary N) is 2. The molecule has 6 nitrogen and oxygen atoms in total. The van der Waals surface area contributed by atoms with Crippen LogP contribution >= 0.6 is 0 Å². The summed E-state index contributed by atoms with van der Waals surface area (Å²) in [5.74, 6) is -0.843. The number of anilines is 1. The molecule has 2 rings (SSSR count). The molecule has 1 aromatic heterocycles. The van der Waals surface area contributed by atoms with Crippen LogP contribution in [0, 0.1) is 0 Å². The quantitative estimate of drug-likeness (QED) is 0.738. The van der Waals surface area contributed by atoms with Gasteiger partial charge in [-0.3, -0.25) is 9.59 Å². The van der Waals surface area contributed by atoms with Crippen LogP contribution in [0.1, 0.15) is 16.9 Å². The molecule has 19 heavy (non-hydrogen) atoms. The van der Waals surface area contributed by atoms with Gasteiger partial charge >= 0.3 is 0 Å². The van der Waals surface area contributed by atoms with E-state index >= 15 is 0 Å². The number of primary amides is 1. The first kappa shape index (κ1) is 12.8. The molecule has 0 aliphatic rings.